The van der Waals surface area contributed by atoms with Gasteiger partial charge in [0, 0.05) is 31.1 Å². The highest BCUT2D eigenvalue weighted by Crippen LogP contribution is 2.20. The number of carbonyl (C=O) groups excluding carboxylic acids is 1. The zero-order valence-electron chi connectivity index (χ0n) is 17.8. The lowest BCUT2D eigenvalue weighted by Gasteiger charge is -2.29. The molecule has 1 aromatic heterocycles. The largest absolute Gasteiger partial charge is 0.332 e. The predicted octanol–water partition coefficient (Wildman–Crippen LogP) is 4.56. The second-order valence-electron chi connectivity index (χ2n) is 8.20. The van der Waals surface area contributed by atoms with Crippen LogP contribution in [0.4, 0.5) is 0 Å². The summed E-state index contributed by atoms with van der Waals surface area (Å²) in [5.74, 6) is 0.824. The molecule has 1 aliphatic heterocycles. The second-order valence-corrected chi connectivity index (χ2v) is 8.20. The van der Waals surface area contributed by atoms with Crippen LogP contribution in [0.15, 0.2) is 53.3 Å². The number of aromatic nitrogens is 2. The fourth-order valence-corrected chi connectivity index (χ4v) is 4.15. The Balaban J connectivity index is 1.71. The molecule has 0 radical (unpaired) electrons. The monoisotopic (exact) mass is 403 g/mol. The van der Waals surface area contributed by atoms with E-state index in [9.17, 15) is 9.59 Å². The van der Waals surface area contributed by atoms with Crippen LogP contribution >= 0.6 is 0 Å². The number of rotatable bonds is 5. The van der Waals surface area contributed by atoms with Gasteiger partial charge in [-0.2, -0.15) is 0 Å². The van der Waals surface area contributed by atoms with E-state index in [4.69, 9.17) is 4.98 Å². The lowest BCUT2D eigenvalue weighted by Crippen LogP contribution is -2.37. The first-order chi connectivity index (χ1) is 14.6. The van der Waals surface area contributed by atoms with Gasteiger partial charge in [-0.05, 0) is 49.9 Å². The molecule has 0 saturated heterocycles. The Kier molecular flexibility index (Phi) is 5.98. The Labute approximate surface area is 177 Å². The van der Waals surface area contributed by atoms with Crippen LogP contribution in [0.5, 0.6) is 0 Å². The Hall–Kier alpha value is -2.95. The Morgan fingerprint density at radius 3 is 2.70 bits per heavy atom. The third-order valence-corrected chi connectivity index (χ3v) is 6.14. The van der Waals surface area contributed by atoms with Crippen LogP contribution in [0.2, 0.25) is 0 Å². The molecule has 1 amide bonds. The number of aryl methyl sites for hydroxylation is 1. The molecule has 0 unspecified atom stereocenters. The highest BCUT2D eigenvalue weighted by Gasteiger charge is 2.22. The van der Waals surface area contributed by atoms with Gasteiger partial charge in [-0.3, -0.25) is 14.2 Å². The highest BCUT2D eigenvalue weighted by atomic mass is 16.2. The first kappa shape index (κ1) is 20.3. The van der Waals surface area contributed by atoms with Gasteiger partial charge in [-0.15, -0.1) is 0 Å². The molecule has 156 valence electrons. The Bertz CT molecular complexity index is 1100. The van der Waals surface area contributed by atoms with Crippen LogP contribution in [0.1, 0.15) is 61.3 Å². The molecule has 2 aromatic carbocycles. The van der Waals surface area contributed by atoms with Crippen LogP contribution in [0, 0.1) is 0 Å². The van der Waals surface area contributed by atoms with Crippen molar-refractivity contribution in [1.82, 2.24) is 14.5 Å². The Morgan fingerprint density at radius 2 is 1.93 bits per heavy atom. The topological polar surface area (TPSA) is 55.2 Å². The fraction of sp³-hybridized carbons (Fsp3) is 0.400. The van der Waals surface area contributed by atoms with Crippen molar-refractivity contribution in [1.29, 1.82) is 0 Å². The van der Waals surface area contributed by atoms with E-state index >= 15 is 0 Å². The lowest BCUT2D eigenvalue weighted by molar-refractivity contribution is 0.0671. The summed E-state index contributed by atoms with van der Waals surface area (Å²) in [7, 11) is 0. The minimum Gasteiger partial charge on any atom is -0.332 e. The summed E-state index contributed by atoms with van der Waals surface area (Å²) in [4.78, 5) is 33.1. The molecular formula is C25H29N3O2. The van der Waals surface area contributed by atoms with Crippen molar-refractivity contribution >= 4 is 16.8 Å². The number of hydrogen-bond donors (Lipinski definition) is 0. The zero-order valence-corrected chi connectivity index (χ0v) is 17.8. The summed E-state index contributed by atoms with van der Waals surface area (Å²) in [5.41, 5.74) is 2.33. The van der Waals surface area contributed by atoms with Crippen LogP contribution in [-0.2, 0) is 19.5 Å². The van der Waals surface area contributed by atoms with Crippen molar-refractivity contribution < 1.29 is 4.79 Å². The lowest BCUT2D eigenvalue weighted by atomic mass is 10.1. The molecule has 0 N–H and O–H groups in total. The third kappa shape index (κ3) is 4.02. The van der Waals surface area contributed by atoms with Gasteiger partial charge in [0.1, 0.15) is 5.82 Å². The maximum atomic E-state index is 13.4. The minimum absolute atomic E-state index is 0.0129. The molecular weight excluding hydrogens is 374 g/mol. The van der Waals surface area contributed by atoms with E-state index in [-0.39, 0.29) is 17.5 Å². The summed E-state index contributed by atoms with van der Waals surface area (Å²) in [6, 6.07) is 15.5. The molecule has 4 rings (SSSR count). The van der Waals surface area contributed by atoms with Crippen molar-refractivity contribution in [2.24, 2.45) is 0 Å². The molecule has 1 aliphatic rings. The van der Waals surface area contributed by atoms with Crippen LogP contribution in [0.25, 0.3) is 10.9 Å². The number of hydrogen-bond acceptors (Lipinski definition) is 3. The molecule has 0 aliphatic carbocycles. The van der Waals surface area contributed by atoms with E-state index in [2.05, 4.69) is 13.8 Å². The quantitative estimate of drug-likeness (QED) is 0.627. The maximum Gasteiger partial charge on any atom is 0.261 e. The predicted molar refractivity (Wildman–Crippen MR) is 120 cm³/mol. The highest BCUT2D eigenvalue weighted by molar-refractivity contribution is 5.97. The van der Waals surface area contributed by atoms with E-state index in [0.29, 0.717) is 23.0 Å². The molecule has 1 atom stereocenters. The van der Waals surface area contributed by atoms with E-state index in [1.807, 2.05) is 39.8 Å². The van der Waals surface area contributed by atoms with Gasteiger partial charge in [0.25, 0.3) is 11.5 Å². The second kappa shape index (κ2) is 8.82. The number of nitrogens with zero attached hydrogens (tertiary/aromatic N) is 3. The molecule has 0 spiro atoms. The molecule has 5 nitrogen and oxygen atoms in total. The molecule has 0 bridgehead atoms. The smallest absolute Gasteiger partial charge is 0.261 e. The number of carbonyl (C=O) groups is 1. The van der Waals surface area contributed by atoms with Gasteiger partial charge in [-0.1, -0.05) is 43.7 Å². The summed E-state index contributed by atoms with van der Waals surface area (Å²) in [5, 5.41) is 0.593. The van der Waals surface area contributed by atoms with Crippen LogP contribution < -0.4 is 5.56 Å². The standard InChI is InChI=1S/C25H29N3O2/c1-3-18(2)28(17-19-10-6-4-7-11-19)24(29)20-13-14-21-22(16-20)26-23-12-8-5-9-15-27(23)25(21)30/h4,6-7,10-11,13-14,16,18H,3,5,8-9,12,15,17H2,1-2H3/t18-/m1/s1. The van der Waals surface area contributed by atoms with E-state index in [1.165, 1.54) is 0 Å². The first-order valence-corrected chi connectivity index (χ1v) is 11.0. The van der Waals surface area contributed by atoms with E-state index in [1.54, 1.807) is 18.2 Å². The molecule has 3 aromatic rings. The number of fused-ring (bicyclic) bond motifs is 2. The Morgan fingerprint density at radius 1 is 1.13 bits per heavy atom. The van der Waals surface area contributed by atoms with Gasteiger partial charge in [0.05, 0.1) is 10.9 Å². The van der Waals surface area contributed by atoms with E-state index in [0.717, 1.165) is 50.0 Å². The summed E-state index contributed by atoms with van der Waals surface area (Å²) < 4.78 is 1.82. The van der Waals surface area contributed by atoms with E-state index < -0.39 is 0 Å². The molecule has 5 heteroatoms. The van der Waals surface area contributed by atoms with Crippen molar-refractivity contribution in [2.75, 3.05) is 0 Å². The van der Waals surface area contributed by atoms with Gasteiger partial charge in [0.2, 0.25) is 0 Å². The fourth-order valence-electron chi connectivity index (χ4n) is 4.15. The summed E-state index contributed by atoms with van der Waals surface area (Å²) >= 11 is 0. The maximum absolute atomic E-state index is 13.4. The third-order valence-electron chi connectivity index (χ3n) is 6.14. The van der Waals surface area contributed by atoms with Gasteiger partial charge >= 0.3 is 0 Å². The first-order valence-electron chi connectivity index (χ1n) is 11.0. The van der Waals surface area contributed by atoms with Crippen LogP contribution in [-0.4, -0.2) is 26.4 Å². The van der Waals surface area contributed by atoms with Crippen molar-refractivity contribution in [3.8, 4) is 0 Å². The molecule has 30 heavy (non-hydrogen) atoms. The zero-order chi connectivity index (χ0) is 21.1. The van der Waals surface area contributed by atoms with Crippen molar-refractivity contribution in [2.45, 2.75) is 65.1 Å². The van der Waals surface area contributed by atoms with Crippen molar-refractivity contribution in [3.63, 3.8) is 0 Å². The molecule has 0 fully saturated rings. The molecule has 0 saturated carbocycles. The SMILES string of the molecule is CC[C@@H](C)N(Cc1ccccc1)C(=O)c1ccc2c(=O)n3c(nc2c1)CCCCC3. The minimum atomic E-state index is -0.0213. The average Bonchev–Trinajstić information content (AvgIpc) is 3.02. The molecule has 2 heterocycles. The van der Waals surface area contributed by atoms with Crippen molar-refractivity contribution in [3.05, 3.63) is 75.8 Å². The summed E-state index contributed by atoms with van der Waals surface area (Å²) in [6.07, 6.45) is 4.87. The normalized spacial score (nSPS) is 14.7. The van der Waals surface area contributed by atoms with Gasteiger partial charge in [0.15, 0.2) is 0 Å². The van der Waals surface area contributed by atoms with Crippen LogP contribution in [0.3, 0.4) is 0 Å². The average molecular weight is 404 g/mol. The summed E-state index contributed by atoms with van der Waals surface area (Å²) in [6.45, 7) is 5.46. The van der Waals surface area contributed by atoms with Gasteiger partial charge in [-0.25, -0.2) is 4.98 Å². The number of amides is 1. The number of benzene rings is 2. The van der Waals surface area contributed by atoms with Gasteiger partial charge < -0.3 is 4.90 Å².